The van der Waals surface area contributed by atoms with Gasteiger partial charge in [0.15, 0.2) is 6.10 Å². The molecule has 0 radical (unpaired) electrons. The Bertz CT molecular complexity index is 688. The van der Waals surface area contributed by atoms with E-state index in [0.717, 1.165) is 36.2 Å². The second-order valence-electron chi connectivity index (χ2n) is 7.37. The number of para-hydroxylation sites is 1. The van der Waals surface area contributed by atoms with Gasteiger partial charge in [-0.15, -0.1) is 0 Å². The second kappa shape index (κ2) is 7.70. The maximum Gasteiger partial charge on any atom is 0.251 e. The van der Waals surface area contributed by atoms with Crippen molar-refractivity contribution in [1.29, 1.82) is 0 Å². The summed E-state index contributed by atoms with van der Waals surface area (Å²) in [7, 11) is 4.46. The summed E-state index contributed by atoms with van der Waals surface area (Å²) in [5.74, 6) is 1.03. The highest BCUT2D eigenvalue weighted by Crippen LogP contribution is 2.28. The predicted molar refractivity (Wildman–Crippen MR) is 99.8 cm³/mol. The van der Waals surface area contributed by atoms with Crippen molar-refractivity contribution in [3.8, 4) is 5.75 Å². The van der Waals surface area contributed by atoms with Crippen LogP contribution >= 0.6 is 0 Å². The maximum atomic E-state index is 12.0. The van der Waals surface area contributed by atoms with E-state index in [1.54, 1.807) is 0 Å². The van der Waals surface area contributed by atoms with Crippen LogP contribution in [0.2, 0.25) is 0 Å². The van der Waals surface area contributed by atoms with Crippen molar-refractivity contribution in [2.45, 2.75) is 18.9 Å². The van der Waals surface area contributed by atoms with Crippen LogP contribution in [0.1, 0.15) is 22.3 Å². The van der Waals surface area contributed by atoms with Crippen LogP contribution in [0.15, 0.2) is 54.6 Å². The van der Waals surface area contributed by atoms with E-state index in [-0.39, 0.29) is 12.0 Å². The first kappa shape index (κ1) is 17.5. The van der Waals surface area contributed by atoms with Crippen LogP contribution in [0.25, 0.3) is 0 Å². The molecule has 0 fully saturated rings. The number of likely N-dealkylation sites (N-methyl/N-ethyl adjacent to an activating group) is 1. The van der Waals surface area contributed by atoms with Crippen LogP contribution in [0, 0.1) is 0 Å². The molecule has 1 aliphatic heterocycles. The lowest BCUT2D eigenvalue weighted by Gasteiger charge is -2.32. The lowest BCUT2D eigenvalue weighted by atomic mass is 10.1. The molecule has 1 amide bonds. The Morgan fingerprint density at radius 3 is 2.60 bits per heavy atom. The van der Waals surface area contributed by atoms with E-state index in [0.29, 0.717) is 12.1 Å². The second-order valence-corrected chi connectivity index (χ2v) is 7.37. The fourth-order valence-corrected chi connectivity index (χ4v) is 3.40. The van der Waals surface area contributed by atoms with E-state index in [4.69, 9.17) is 4.74 Å². The van der Waals surface area contributed by atoms with Gasteiger partial charge in [-0.3, -0.25) is 4.79 Å². The number of benzene rings is 2. The Morgan fingerprint density at radius 1 is 1.12 bits per heavy atom. The van der Waals surface area contributed by atoms with E-state index in [2.05, 4.69) is 37.6 Å². The number of quaternary nitrogens is 1. The minimum atomic E-state index is 0.000446. The molecule has 132 valence electrons. The van der Waals surface area contributed by atoms with Gasteiger partial charge >= 0.3 is 0 Å². The molecule has 0 spiro atoms. The number of carbonyl (C=O) groups is 1. The molecule has 0 bridgehead atoms. The van der Waals surface area contributed by atoms with Crippen LogP contribution in [-0.2, 0) is 6.42 Å². The van der Waals surface area contributed by atoms with Gasteiger partial charge in [0, 0.05) is 24.9 Å². The molecular formula is C21H27N2O2+. The highest BCUT2D eigenvalue weighted by atomic mass is 16.5. The third-order valence-corrected chi connectivity index (χ3v) is 4.67. The van der Waals surface area contributed by atoms with Crippen molar-refractivity contribution in [2.24, 2.45) is 0 Å². The van der Waals surface area contributed by atoms with Crippen molar-refractivity contribution < 1.29 is 14.0 Å². The highest BCUT2D eigenvalue weighted by Gasteiger charge is 2.29. The number of carbonyl (C=O) groups excluding carboxylic acids is 1. The highest BCUT2D eigenvalue weighted by molar-refractivity contribution is 5.94. The average molecular weight is 339 g/mol. The summed E-state index contributed by atoms with van der Waals surface area (Å²) in [5.41, 5.74) is 2.02. The maximum absolute atomic E-state index is 12.0. The molecule has 1 aliphatic rings. The number of rotatable bonds is 7. The minimum Gasteiger partial charge on any atom is -0.484 e. The van der Waals surface area contributed by atoms with Crippen molar-refractivity contribution in [3.63, 3.8) is 0 Å². The molecule has 2 aromatic rings. The molecule has 4 nitrogen and oxygen atoms in total. The Labute approximate surface area is 150 Å². The number of ether oxygens (including phenoxy) is 1. The molecule has 1 heterocycles. The molecule has 1 N–H and O–H groups in total. The van der Waals surface area contributed by atoms with Crippen LogP contribution in [0.5, 0.6) is 5.75 Å². The molecule has 0 saturated carbocycles. The standard InChI is InChI=1S/C21H26N2O2/c1-23(2,16-19-15-18-11-6-7-12-20(18)25-19)14-8-13-22-21(24)17-9-4-3-5-10-17/h3-7,9-12,19H,8,13-16H2,1-2H3/p+1. The predicted octanol–water partition coefficient (Wildman–Crippen LogP) is 2.89. The van der Waals surface area contributed by atoms with Crippen molar-refractivity contribution in [2.75, 3.05) is 33.7 Å². The van der Waals surface area contributed by atoms with E-state index in [1.165, 1.54) is 5.56 Å². The van der Waals surface area contributed by atoms with Crippen molar-refractivity contribution in [1.82, 2.24) is 5.32 Å². The lowest BCUT2D eigenvalue weighted by molar-refractivity contribution is -0.892. The third-order valence-electron chi connectivity index (χ3n) is 4.67. The van der Waals surface area contributed by atoms with E-state index in [1.807, 2.05) is 36.4 Å². The summed E-state index contributed by atoms with van der Waals surface area (Å²) >= 11 is 0. The van der Waals surface area contributed by atoms with E-state index < -0.39 is 0 Å². The van der Waals surface area contributed by atoms with Gasteiger partial charge < -0.3 is 14.5 Å². The smallest absolute Gasteiger partial charge is 0.251 e. The van der Waals surface area contributed by atoms with Gasteiger partial charge in [0.2, 0.25) is 0 Å². The van der Waals surface area contributed by atoms with Gasteiger partial charge in [-0.25, -0.2) is 0 Å². The van der Waals surface area contributed by atoms with E-state index in [9.17, 15) is 4.79 Å². The molecule has 1 atom stereocenters. The molecular weight excluding hydrogens is 312 g/mol. The number of hydrogen-bond acceptors (Lipinski definition) is 2. The monoisotopic (exact) mass is 339 g/mol. The van der Waals surface area contributed by atoms with Gasteiger partial charge in [-0.2, -0.15) is 0 Å². The first-order valence-corrected chi connectivity index (χ1v) is 8.93. The summed E-state index contributed by atoms with van der Waals surface area (Å²) in [6, 6.07) is 17.7. The molecule has 0 aromatic heterocycles. The molecule has 1 unspecified atom stereocenters. The molecule has 2 aromatic carbocycles. The molecule has 0 saturated heterocycles. The third kappa shape index (κ3) is 4.83. The largest absolute Gasteiger partial charge is 0.484 e. The van der Waals surface area contributed by atoms with E-state index >= 15 is 0 Å². The minimum absolute atomic E-state index is 0.000446. The molecule has 4 heteroatoms. The number of nitrogens with zero attached hydrogens (tertiary/aromatic N) is 1. The molecule has 0 aliphatic carbocycles. The van der Waals surface area contributed by atoms with Gasteiger partial charge in [0.05, 0.1) is 20.6 Å². The SMILES string of the molecule is C[N+](C)(CCCNC(=O)c1ccccc1)CC1Cc2ccccc2O1. The Kier molecular flexibility index (Phi) is 5.39. The first-order chi connectivity index (χ1) is 12.0. The van der Waals surface area contributed by atoms with Crippen LogP contribution in [0.3, 0.4) is 0 Å². The molecule has 25 heavy (non-hydrogen) atoms. The first-order valence-electron chi connectivity index (χ1n) is 8.93. The average Bonchev–Trinajstić information content (AvgIpc) is 3.00. The van der Waals surface area contributed by atoms with Crippen LogP contribution < -0.4 is 10.1 Å². The van der Waals surface area contributed by atoms with Gasteiger partial charge in [0.1, 0.15) is 12.3 Å². The van der Waals surface area contributed by atoms with Crippen LogP contribution in [0.4, 0.5) is 0 Å². The quantitative estimate of drug-likeness (QED) is 0.622. The number of fused-ring (bicyclic) bond motifs is 1. The summed E-state index contributed by atoms with van der Waals surface area (Å²) in [5, 5.41) is 3.00. The normalized spacial score (nSPS) is 16.2. The zero-order valence-electron chi connectivity index (χ0n) is 15.1. The number of hydrogen-bond donors (Lipinski definition) is 1. The van der Waals surface area contributed by atoms with Gasteiger partial charge in [0.25, 0.3) is 5.91 Å². The Morgan fingerprint density at radius 2 is 1.84 bits per heavy atom. The molecule has 3 rings (SSSR count). The van der Waals surface area contributed by atoms with Crippen LogP contribution in [-0.4, -0.2) is 50.2 Å². The topological polar surface area (TPSA) is 38.3 Å². The van der Waals surface area contributed by atoms with Crippen molar-refractivity contribution in [3.05, 3.63) is 65.7 Å². The summed E-state index contributed by atoms with van der Waals surface area (Å²) < 4.78 is 6.95. The lowest BCUT2D eigenvalue weighted by Crippen LogP contribution is -2.48. The zero-order valence-corrected chi connectivity index (χ0v) is 15.1. The number of nitrogens with one attached hydrogen (secondary N) is 1. The Hall–Kier alpha value is -2.33. The zero-order chi connectivity index (χ0) is 17.7. The fourth-order valence-electron chi connectivity index (χ4n) is 3.40. The van der Waals surface area contributed by atoms with Crippen molar-refractivity contribution >= 4 is 5.91 Å². The number of amides is 1. The van der Waals surface area contributed by atoms with Gasteiger partial charge in [-0.05, 0) is 23.8 Å². The summed E-state index contributed by atoms with van der Waals surface area (Å²) in [4.78, 5) is 12.0. The fraction of sp³-hybridized carbons (Fsp3) is 0.381. The summed E-state index contributed by atoms with van der Waals surface area (Å²) in [6.07, 6.45) is 2.18. The summed E-state index contributed by atoms with van der Waals surface area (Å²) in [6.45, 7) is 2.67. The Balaban J connectivity index is 1.40. The van der Waals surface area contributed by atoms with Gasteiger partial charge in [-0.1, -0.05) is 36.4 Å².